The smallest absolute Gasteiger partial charge is 0.263 e. The molecular formula is C18H20N4O2. The highest BCUT2D eigenvalue weighted by Gasteiger charge is 2.23. The second-order valence-electron chi connectivity index (χ2n) is 6.15. The lowest BCUT2D eigenvalue weighted by Gasteiger charge is -2.27. The van der Waals surface area contributed by atoms with Crippen LogP contribution in [0.1, 0.15) is 24.1 Å². The molecule has 1 unspecified atom stereocenters. The first-order valence-corrected chi connectivity index (χ1v) is 8.29. The number of aryl methyl sites for hydroxylation is 1. The van der Waals surface area contributed by atoms with Crippen molar-refractivity contribution in [1.82, 2.24) is 15.1 Å². The zero-order valence-electron chi connectivity index (χ0n) is 13.7. The van der Waals surface area contributed by atoms with Crippen molar-refractivity contribution in [2.24, 2.45) is 0 Å². The normalized spacial score (nSPS) is 17.5. The number of anilines is 1. The molecule has 24 heavy (non-hydrogen) atoms. The van der Waals surface area contributed by atoms with Crippen LogP contribution in [-0.4, -0.2) is 34.4 Å². The van der Waals surface area contributed by atoms with Gasteiger partial charge in [0.2, 0.25) is 0 Å². The zero-order valence-corrected chi connectivity index (χ0v) is 13.7. The second kappa shape index (κ2) is 6.57. The Morgan fingerprint density at radius 3 is 2.88 bits per heavy atom. The van der Waals surface area contributed by atoms with Gasteiger partial charge in [0.15, 0.2) is 0 Å². The van der Waals surface area contributed by atoms with E-state index in [1.807, 2.05) is 13.0 Å². The standard InChI is InChI=1S/C18H20N4O2/c1-13-16-17(19-12-20-18(16)24-21-13)22(11-15-8-5-9-23-15)10-14-6-3-2-4-7-14/h2-4,6-7,12,15H,5,8-11H2,1H3. The van der Waals surface area contributed by atoms with Gasteiger partial charge in [-0.1, -0.05) is 35.5 Å². The molecule has 0 N–H and O–H groups in total. The van der Waals surface area contributed by atoms with Crippen molar-refractivity contribution in [3.05, 3.63) is 47.9 Å². The fourth-order valence-electron chi connectivity index (χ4n) is 3.21. The summed E-state index contributed by atoms with van der Waals surface area (Å²) >= 11 is 0. The van der Waals surface area contributed by atoms with E-state index in [0.29, 0.717) is 5.71 Å². The number of hydrogen-bond donors (Lipinski definition) is 0. The number of hydrogen-bond acceptors (Lipinski definition) is 6. The van der Waals surface area contributed by atoms with E-state index in [9.17, 15) is 0 Å². The highest BCUT2D eigenvalue weighted by molar-refractivity contribution is 5.87. The van der Waals surface area contributed by atoms with Gasteiger partial charge < -0.3 is 14.2 Å². The Morgan fingerprint density at radius 1 is 1.21 bits per heavy atom. The van der Waals surface area contributed by atoms with Gasteiger partial charge in [-0.3, -0.25) is 0 Å². The van der Waals surface area contributed by atoms with Crippen molar-refractivity contribution in [3.63, 3.8) is 0 Å². The van der Waals surface area contributed by atoms with Crippen LogP contribution in [0.25, 0.3) is 11.1 Å². The molecule has 0 amide bonds. The highest BCUT2D eigenvalue weighted by Crippen LogP contribution is 2.28. The Kier molecular flexibility index (Phi) is 4.13. The molecule has 2 aromatic heterocycles. The van der Waals surface area contributed by atoms with Gasteiger partial charge in [-0.15, -0.1) is 0 Å². The molecule has 0 saturated carbocycles. The number of ether oxygens (including phenoxy) is 1. The van der Waals surface area contributed by atoms with E-state index in [-0.39, 0.29) is 6.10 Å². The quantitative estimate of drug-likeness (QED) is 0.718. The van der Waals surface area contributed by atoms with Gasteiger partial charge in [-0.2, -0.15) is 4.98 Å². The molecule has 3 heterocycles. The SMILES string of the molecule is Cc1noc2ncnc(N(Cc3ccccc3)CC3CCCO3)c12. The number of nitrogens with zero attached hydrogens (tertiary/aromatic N) is 4. The van der Waals surface area contributed by atoms with E-state index in [1.165, 1.54) is 11.9 Å². The fraction of sp³-hybridized carbons (Fsp3) is 0.389. The van der Waals surface area contributed by atoms with Crippen molar-refractivity contribution >= 4 is 16.9 Å². The highest BCUT2D eigenvalue weighted by atomic mass is 16.5. The minimum Gasteiger partial charge on any atom is -0.376 e. The molecule has 1 aliphatic rings. The summed E-state index contributed by atoms with van der Waals surface area (Å²) in [6.07, 6.45) is 3.98. The number of benzene rings is 1. The molecule has 4 rings (SSSR count). The van der Waals surface area contributed by atoms with Crippen LogP contribution in [0.5, 0.6) is 0 Å². The predicted octanol–water partition coefficient (Wildman–Crippen LogP) is 3.11. The molecule has 6 nitrogen and oxygen atoms in total. The lowest BCUT2D eigenvalue weighted by molar-refractivity contribution is 0.115. The van der Waals surface area contributed by atoms with Crippen LogP contribution in [-0.2, 0) is 11.3 Å². The number of aromatic nitrogens is 3. The lowest BCUT2D eigenvalue weighted by Crippen LogP contribution is -2.32. The van der Waals surface area contributed by atoms with Crippen molar-refractivity contribution in [2.45, 2.75) is 32.4 Å². The third kappa shape index (κ3) is 2.97. The molecule has 6 heteroatoms. The minimum absolute atomic E-state index is 0.235. The van der Waals surface area contributed by atoms with Gasteiger partial charge in [0.05, 0.1) is 11.8 Å². The molecule has 124 valence electrons. The zero-order chi connectivity index (χ0) is 16.4. The van der Waals surface area contributed by atoms with E-state index in [2.05, 4.69) is 44.3 Å². The lowest BCUT2D eigenvalue weighted by atomic mass is 10.1. The van der Waals surface area contributed by atoms with Crippen molar-refractivity contribution < 1.29 is 9.26 Å². The maximum Gasteiger partial charge on any atom is 0.263 e. The van der Waals surface area contributed by atoms with Gasteiger partial charge in [0.1, 0.15) is 17.5 Å². The molecule has 1 saturated heterocycles. The van der Waals surface area contributed by atoms with E-state index in [0.717, 1.165) is 49.4 Å². The van der Waals surface area contributed by atoms with E-state index >= 15 is 0 Å². The van der Waals surface area contributed by atoms with Gasteiger partial charge in [0.25, 0.3) is 5.71 Å². The molecule has 0 bridgehead atoms. The Labute approximate surface area is 140 Å². The average Bonchev–Trinajstić information content (AvgIpc) is 3.25. The molecule has 0 radical (unpaired) electrons. The first-order valence-electron chi connectivity index (χ1n) is 8.29. The second-order valence-corrected chi connectivity index (χ2v) is 6.15. The topological polar surface area (TPSA) is 64.3 Å². The third-order valence-electron chi connectivity index (χ3n) is 4.39. The van der Waals surface area contributed by atoms with Crippen LogP contribution >= 0.6 is 0 Å². The Hall–Kier alpha value is -2.47. The minimum atomic E-state index is 0.235. The first-order chi connectivity index (χ1) is 11.8. The summed E-state index contributed by atoms with van der Waals surface area (Å²) in [6, 6.07) is 10.4. The molecule has 1 aromatic carbocycles. The maximum atomic E-state index is 5.84. The first kappa shape index (κ1) is 15.1. The van der Waals surface area contributed by atoms with E-state index in [4.69, 9.17) is 9.26 Å². The summed E-state index contributed by atoms with van der Waals surface area (Å²) in [5, 5.41) is 4.92. The average molecular weight is 324 g/mol. The van der Waals surface area contributed by atoms with Crippen molar-refractivity contribution in [2.75, 3.05) is 18.1 Å². The summed E-state index contributed by atoms with van der Waals surface area (Å²) in [5.74, 6) is 0.859. The monoisotopic (exact) mass is 324 g/mol. The summed E-state index contributed by atoms with van der Waals surface area (Å²) in [7, 11) is 0. The van der Waals surface area contributed by atoms with Crippen molar-refractivity contribution in [3.8, 4) is 0 Å². The van der Waals surface area contributed by atoms with Gasteiger partial charge >= 0.3 is 0 Å². The molecule has 1 fully saturated rings. The molecule has 1 atom stereocenters. The van der Waals surface area contributed by atoms with Crippen molar-refractivity contribution in [1.29, 1.82) is 0 Å². The van der Waals surface area contributed by atoms with Crippen LogP contribution in [0.2, 0.25) is 0 Å². The largest absolute Gasteiger partial charge is 0.376 e. The summed E-state index contributed by atoms with van der Waals surface area (Å²) in [5.41, 5.74) is 2.57. The van der Waals surface area contributed by atoms with E-state index < -0.39 is 0 Å². The van der Waals surface area contributed by atoms with Gasteiger partial charge in [0, 0.05) is 19.7 Å². The summed E-state index contributed by atoms with van der Waals surface area (Å²) in [4.78, 5) is 11.0. The van der Waals surface area contributed by atoms with Crippen LogP contribution in [0.4, 0.5) is 5.82 Å². The number of fused-ring (bicyclic) bond motifs is 1. The molecular weight excluding hydrogens is 304 g/mol. The maximum absolute atomic E-state index is 5.84. The predicted molar refractivity (Wildman–Crippen MR) is 90.8 cm³/mol. The number of rotatable bonds is 5. The van der Waals surface area contributed by atoms with Crippen LogP contribution < -0.4 is 4.90 Å². The summed E-state index contributed by atoms with van der Waals surface area (Å²) < 4.78 is 11.1. The Balaban J connectivity index is 1.71. The third-order valence-corrected chi connectivity index (χ3v) is 4.39. The molecule has 0 aliphatic carbocycles. The fourth-order valence-corrected chi connectivity index (χ4v) is 3.21. The van der Waals surface area contributed by atoms with Crippen LogP contribution in [0, 0.1) is 6.92 Å². The van der Waals surface area contributed by atoms with E-state index in [1.54, 1.807) is 0 Å². The molecule has 0 spiro atoms. The van der Waals surface area contributed by atoms with Crippen LogP contribution in [0.15, 0.2) is 41.2 Å². The Morgan fingerprint density at radius 2 is 2.08 bits per heavy atom. The van der Waals surface area contributed by atoms with Crippen LogP contribution in [0.3, 0.4) is 0 Å². The van der Waals surface area contributed by atoms with Gasteiger partial charge in [-0.05, 0) is 25.3 Å². The summed E-state index contributed by atoms with van der Waals surface area (Å²) in [6.45, 7) is 4.32. The van der Waals surface area contributed by atoms with Gasteiger partial charge in [-0.25, -0.2) is 4.98 Å². The molecule has 3 aromatic rings. The Bertz CT molecular complexity index is 812. The molecule has 1 aliphatic heterocycles.